The van der Waals surface area contributed by atoms with Gasteiger partial charge in [0.1, 0.15) is 0 Å². The molecule has 18 heavy (non-hydrogen) atoms. The quantitative estimate of drug-likeness (QED) is 0.788. The van der Waals surface area contributed by atoms with Gasteiger partial charge in [0.25, 0.3) is 0 Å². The third kappa shape index (κ3) is 5.88. The zero-order chi connectivity index (χ0) is 13.8. The highest BCUT2D eigenvalue weighted by molar-refractivity contribution is 5.78. The van der Waals surface area contributed by atoms with E-state index < -0.39 is 0 Å². The van der Waals surface area contributed by atoms with Gasteiger partial charge >= 0.3 is 0 Å². The predicted octanol–water partition coefficient (Wildman–Crippen LogP) is 4.00. The highest BCUT2D eigenvalue weighted by atomic mass is 16.1. The summed E-state index contributed by atoms with van der Waals surface area (Å²) in [5, 5.41) is 3.10. The molecule has 2 heteroatoms. The van der Waals surface area contributed by atoms with Crippen LogP contribution < -0.4 is 5.32 Å². The van der Waals surface area contributed by atoms with Crippen molar-refractivity contribution in [3.05, 3.63) is 0 Å². The van der Waals surface area contributed by atoms with E-state index in [1.54, 1.807) is 0 Å². The van der Waals surface area contributed by atoms with Crippen molar-refractivity contribution in [2.24, 2.45) is 23.2 Å². The summed E-state index contributed by atoms with van der Waals surface area (Å²) in [7, 11) is 0. The maximum Gasteiger partial charge on any atom is 0.223 e. The average molecular weight is 253 g/mol. The normalized spacial score (nSPS) is 24.6. The van der Waals surface area contributed by atoms with Crippen LogP contribution in [0, 0.1) is 23.2 Å². The average Bonchev–Trinajstić information content (AvgIpc) is 2.62. The SMILES string of the molecule is CC(C)CCNC(=O)[C@H]1CC[C@H](CC(C)(C)C)C1. The van der Waals surface area contributed by atoms with Crippen molar-refractivity contribution >= 4 is 5.91 Å². The Bertz CT molecular complexity index is 265. The molecule has 0 aromatic heterocycles. The first-order valence-corrected chi connectivity index (χ1v) is 7.55. The second kappa shape index (κ2) is 6.58. The highest BCUT2D eigenvalue weighted by Gasteiger charge is 2.31. The molecule has 1 aliphatic rings. The Morgan fingerprint density at radius 1 is 1.28 bits per heavy atom. The number of nitrogens with one attached hydrogen (secondary N) is 1. The Morgan fingerprint density at radius 3 is 2.50 bits per heavy atom. The summed E-state index contributed by atoms with van der Waals surface area (Å²) in [6.07, 6.45) is 5.77. The molecule has 1 aliphatic carbocycles. The minimum atomic E-state index is 0.282. The molecule has 1 amide bonds. The lowest BCUT2D eigenvalue weighted by Crippen LogP contribution is -2.31. The van der Waals surface area contributed by atoms with Crippen LogP contribution >= 0.6 is 0 Å². The van der Waals surface area contributed by atoms with Gasteiger partial charge in [0, 0.05) is 12.5 Å². The zero-order valence-electron chi connectivity index (χ0n) is 12.9. The second-order valence-corrected chi connectivity index (χ2v) is 7.61. The van der Waals surface area contributed by atoms with Gasteiger partial charge in [0.05, 0.1) is 0 Å². The highest BCUT2D eigenvalue weighted by Crippen LogP contribution is 2.38. The van der Waals surface area contributed by atoms with Crippen LogP contribution in [0.15, 0.2) is 0 Å². The fourth-order valence-corrected chi connectivity index (χ4v) is 2.99. The summed E-state index contributed by atoms with van der Waals surface area (Å²) in [6, 6.07) is 0. The van der Waals surface area contributed by atoms with Gasteiger partial charge in [0.15, 0.2) is 0 Å². The van der Waals surface area contributed by atoms with E-state index >= 15 is 0 Å². The lowest BCUT2D eigenvalue weighted by atomic mass is 9.83. The molecule has 1 fully saturated rings. The molecule has 1 rings (SSSR count). The number of rotatable bonds is 5. The summed E-state index contributed by atoms with van der Waals surface area (Å²) < 4.78 is 0. The maximum atomic E-state index is 12.0. The van der Waals surface area contributed by atoms with Crippen LogP contribution in [-0.4, -0.2) is 12.5 Å². The molecular formula is C16H31NO. The number of carbonyl (C=O) groups excluding carboxylic acids is 1. The largest absolute Gasteiger partial charge is 0.356 e. The van der Waals surface area contributed by atoms with Crippen LogP contribution in [0.25, 0.3) is 0 Å². The number of carbonyl (C=O) groups is 1. The van der Waals surface area contributed by atoms with E-state index in [9.17, 15) is 4.79 Å². The van der Waals surface area contributed by atoms with E-state index in [4.69, 9.17) is 0 Å². The van der Waals surface area contributed by atoms with Gasteiger partial charge in [-0.05, 0) is 49.4 Å². The molecule has 0 bridgehead atoms. The van der Waals surface area contributed by atoms with Gasteiger partial charge in [0.2, 0.25) is 5.91 Å². The van der Waals surface area contributed by atoms with Crippen LogP contribution in [0.3, 0.4) is 0 Å². The Balaban J connectivity index is 2.26. The lowest BCUT2D eigenvalue weighted by Gasteiger charge is -2.22. The molecule has 0 unspecified atom stereocenters. The van der Waals surface area contributed by atoms with Crippen LogP contribution in [0.5, 0.6) is 0 Å². The number of amides is 1. The monoisotopic (exact) mass is 253 g/mol. The molecule has 0 aliphatic heterocycles. The van der Waals surface area contributed by atoms with Crippen LogP contribution in [-0.2, 0) is 4.79 Å². The van der Waals surface area contributed by atoms with Crippen molar-refractivity contribution < 1.29 is 4.79 Å². The Morgan fingerprint density at radius 2 is 1.94 bits per heavy atom. The van der Waals surface area contributed by atoms with E-state index in [0.29, 0.717) is 17.2 Å². The van der Waals surface area contributed by atoms with Crippen LogP contribution in [0.2, 0.25) is 0 Å². The first-order chi connectivity index (χ1) is 8.28. The summed E-state index contributed by atoms with van der Waals surface area (Å²) >= 11 is 0. The van der Waals surface area contributed by atoms with Gasteiger partial charge in [-0.2, -0.15) is 0 Å². The molecule has 0 aromatic carbocycles. The molecule has 0 saturated heterocycles. The summed E-state index contributed by atoms with van der Waals surface area (Å²) in [5.41, 5.74) is 0.397. The van der Waals surface area contributed by atoms with Gasteiger partial charge in [-0.15, -0.1) is 0 Å². The van der Waals surface area contributed by atoms with Gasteiger partial charge in [-0.1, -0.05) is 34.6 Å². The standard InChI is InChI=1S/C16H31NO/c1-12(2)8-9-17-15(18)14-7-6-13(10-14)11-16(3,4)5/h12-14H,6-11H2,1-5H3,(H,17,18)/t13-,14-/m0/s1. The molecule has 0 spiro atoms. The van der Waals surface area contributed by atoms with E-state index in [-0.39, 0.29) is 5.92 Å². The molecular weight excluding hydrogens is 222 g/mol. The van der Waals surface area contributed by atoms with Crippen molar-refractivity contribution in [3.8, 4) is 0 Å². The molecule has 0 aromatic rings. The Kier molecular flexibility index (Phi) is 5.68. The van der Waals surface area contributed by atoms with E-state index in [2.05, 4.69) is 39.9 Å². The van der Waals surface area contributed by atoms with Crippen LogP contribution in [0.1, 0.15) is 66.7 Å². The van der Waals surface area contributed by atoms with Gasteiger partial charge in [-0.3, -0.25) is 4.79 Å². The third-order valence-electron chi connectivity index (χ3n) is 3.83. The topological polar surface area (TPSA) is 29.1 Å². The summed E-state index contributed by atoms with van der Waals surface area (Å²) in [5.74, 6) is 2.00. The molecule has 1 saturated carbocycles. The fourth-order valence-electron chi connectivity index (χ4n) is 2.99. The molecule has 2 atom stereocenters. The van der Waals surface area contributed by atoms with Crippen molar-refractivity contribution in [2.45, 2.75) is 66.7 Å². The molecule has 106 valence electrons. The van der Waals surface area contributed by atoms with Crippen LogP contribution in [0.4, 0.5) is 0 Å². The zero-order valence-corrected chi connectivity index (χ0v) is 12.9. The fraction of sp³-hybridized carbons (Fsp3) is 0.938. The van der Waals surface area contributed by atoms with Gasteiger partial charge in [-0.25, -0.2) is 0 Å². The van der Waals surface area contributed by atoms with Crippen molar-refractivity contribution in [2.75, 3.05) is 6.54 Å². The molecule has 0 heterocycles. The minimum Gasteiger partial charge on any atom is -0.356 e. The molecule has 2 nitrogen and oxygen atoms in total. The van der Waals surface area contributed by atoms with E-state index in [0.717, 1.165) is 31.7 Å². The van der Waals surface area contributed by atoms with Crippen molar-refractivity contribution in [1.82, 2.24) is 5.32 Å². The van der Waals surface area contributed by atoms with E-state index in [1.165, 1.54) is 12.8 Å². The summed E-state index contributed by atoms with van der Waals surface area (Å²) in [6.45, 7) is 12.1. The van der Waals surface area contributed by atoms with E-state index in [1.807, 2.05) is 0 Å². The number of hydrogen-bond acceptors (Lipinski definition) is 1. The number of hydrogen-bond donors (Lipinski definition) is 1. The Hall–Kier alpha value is -0.530. The van der Waals surface area contributed by atoms with Crippen molar-refractivity contribution in [1.29, 1.82) is 0 Å². The van der Waals surface area contributed by atoms with Gasteiger partial charge < -0.3 is 5.32 Å². The second-order valence-electron chi connectivity index (χ2n) is 7.61. The predicted molar refractivity (Wildman–Crippen MR) is 77.4 cm³/mol. The smallest absolute Gasteiger partial charge is 0.223 e. The summed E-state index contributed by atoms with van der Waals surface area (Å²) in [4.78, 5) is 12.0. The molecule has 1 N–H and O–H groups in total. The minimum absolute atomic E-state index is 0.282. The lowest BCUT2D eigenvalue weighted by molar-refractivity contribution is -0.124. The van der Waals surface area contributed by atoms with Crippen molar-refractivity contribution in [3.63, 3.8) is 0 Å². The third-order valence-corrected chi connectivity index (χ3v) is 3.83. The first-order valence-electron chi connectivity index (χ1n) is 7.55. The molecule has 0 radical (unpaired) electrons. The first kappa shape index (κ1) is 15.5. The Labute approximate surface area is 113 Å². The maximum absolute atomic E-state index is 12.0.